The summed E-state index contributed by atoms with van der Waals surface area (Å²) in [6, 6.07) is 18.5. The van der Waals surface area contributed by atoms with Crippen molar-refractivity contribution in [1.82, 2.24) is 0 Å². The van der Waals surface area contributed by atoms with Gasteiger partial charge in [-0.05, 0) is 60.3 Å². The Bertz CT molecular complexity index is 782. The van der Waals surface area contributed by atoms with E-state index in [4.69, 9.17) is 4.74 Å². The minimum absolute atomic E-state index is 0.257. The van der Waals surface area contributed by atoms with Gasteiger partial charge in [0.1, 0.15) is 11.5 Å². The third-order valence-corrected chi connectivity index (χ3v) is 4.11. The Morgan fingerprint density at radius 2 is 1.61 bits per heavy atom. The first kappa shape index (κ1) is 15.1. The summed E-state index contributed by atoms with van der Waals surface area (Å²) in [6.07, 6.45) is 0. The Kier molecular flexibility index (Phi) is 4.59. The van der Waals surface area contributed by atoms with Gasteiger partial charge in [0.2, 0.25) is 0 Å². The highest BCUT2D eigenvalue weighted by atomic mass is 32.1. The van der Waals surface area contributed by atoms with Gasteiger partial charge in [-0.25, -0.2) is 4.79 Å². The number of amides is 2. The number of anilines is 2. The van der Waals surface area contributed by atoms with Gasteiger partial charge in [-0.2, -0.15) is 0 Å². The molecule has 0 atom stereocenters. The summed E-state index contributed by atoms with van der Waals surface area (Å²) in [5, 5.41) is 8.43. The van der Waals surface area contributed by atoms with Crippen LogP contribution < -0.4 is 15.4 Å². The number of carbonyl (C=O) groups is 1. The summed E-state index contributed by atoms with van der Waals surface area (Å²) in [6.45, 7) is 1.96. The quantitative estimate of drug-likeness (QED) is 0.666. The van der Waals surface area contributed by atoms with Crippen LogP contribution in [0.25, 0.3) is 0 Å². The predicted octanol–water partition coefficient (Wildman–Crippen LogP) is 5.49. The van der Waals surface area contributed by atoms with Gasteiger partial charge in [-0.1, -0.05) is 18.2 Å². The molecular weight excluding hydrogens is 308 g/mol. The molecule has 0 saturated heterocycles. The Morgan fingerprint density at radius 1 is 0.913 bits per heavy atom. The van der Waals surface area contributed by atoms with Gasteiger partial charge >= 0.3 is 6.03 Å². The number of ether oxygens (including phenoxy) is 1. The van der Waals surface area contributed by atoms with Crippen LogP contribution in [0.2, 0.25) is 0 Å². The molecular formula is C18H16N2O2S. The van der Waals surface area contributed by atoms with Crippen LogP contribution in [0.3, 0.4) is 0 Å². The summed E-state index contributed by atoms with van der Waals surface area (Å²) in [5.41, 5.74) is 1.76. The minimum Gasteiger partial charge on any atom is -0.457 e. The lowest BCUT2D eigenvalue weighted by atomic mass is 10.3. The van der Waals surface area contributed by atoms with Gasteiger partial charge < -0.3 is 10.1 Å². The van der Waals surface area contributed by atoms with Crippen LogP contribution >= 0.6 is 11.3 Å². The molecule has 3 rings (SSSR count). The number of benzene rings is 2. The fraction of sp³-hybridized carbons (Fsp3) is 0.0556. The van der Waals surface area contributed by atoms with E-state index in [0.29, 0.717) is 5.69 Å². The van der Waals surface area contributed by atoms with Crippen LogP contribution in [0.15, 0.2) is 66.0 Å². The largest absolute Gasteiger partial charge is 0.457 e. The molecule has 0 aliphatic heterocycles. The van der Waals surface area contributed by atoms with Crippen molar-refractivity contribution < 1.29 is 9.53 Å². The second-order valence-corrected chi connectivity index (χ2v) is 5.87. The number of thiophene rings is 1. The zero-order valence-electron chi connectivity index (χ0n) is 12.6. The van der Waals surface area contributed by atoms with Gasteiger partial charge in [0, 0.05) is 5.69 Å². The molecule has 3 aromatic rings. The van der Waals surface area contributed by atoms with Gasteiger partial charge in [0.15, 0.2) is 0 Å². The number of para-hydroxylation sites is 1. The van der Waals surface area contributed by atoms with Gasteiger partial charge in [0.25, 0.3) is 0 Å². The molecule has 0 saturated carbocycles. The lowest BCUT2D eigenvalue weighted by molar-refractivity contribution is 0.262. The van der Waals surface area contributed by atoms with E-state index in [9.17, 15) is 4.79 Å². The maximum atomic E-state index is 12.0. The number of urea groups is 1. The third-order valence-electron chi connectivity index (χ3n) is 3.18. The fourth-order valence-electron chi connectivity index (χ4n) is 2.00. The molecule has 0 radical (unpaired) electrons. The summed E-state index contributed by atoms with van der Waals surface area (Å²) < 4.78 is 5.71. The molecule has 2 N–H and O–H groups in total. The van der Waals surface area contributed by atoms with Crippen molar-refractivity contribution in [2.45, 2.75) is 6.92 Å². The average Bonchev–Trinajstić information content (AvgIpc) is 2.95. The van der Waals surface area contributed by atoms with E-state index in [0.717, 1.165) is 22.1 Å². The molecule has 23 heavy (non-hydrogen) atoms. The molecule has 0 spiro atoms. The van der Waals surface area contributed by atoms with Crippen LogP contribution in [0.1, 0.15) is 5.56 Å². The average molecular weight is 324 g/mol. The molecule has 5 heteroatoms. The van der Waals surface area contributed by atoms with E-state index in [1.54, 1.807) is 12.1 Å². The molecule has 2 aromatic carbocycles. The standard InChI is InChI=1S/C18H16N2O2S/c1-13-11-12-23-17(13)20-18(21)19-14-7-9-16(10-8-14)22-15-5-3-2-4-6-15/h2-12H,1H3,(H2,19,20,21). The van der Waals surface area contributed by atoms with Crippen molar-refractivity contribution in [1.29, 1.82) is 0 Å². The zero-order chi connectivity index (χ0) is 16.1. The fourth-order valence-corrected chi connectivity index (χ4v) is 2.81. The van der Waals surface area contributed by atoms with Crippen LogP contribution in [0, 0.1) is 6.92 Å². The highest BCUT2D eigenvalue weighted by molar-refractivity contribution is 7.14. The van der Waals surface area contributed by atoms with Gasteiger partial charge in [0.05, 0.1) is 5.00 Å². The summed E-state index contributed by atoms with van der Waals surface area (Å²) in [5.74, 6) is 1.50. The molecule has 0 aliphatic rings. The molecule has 2 amide bonds. The maximum absolute atomic E-state index is 12.0. The van der Waals surface area contributed by atoms with E-state index in [2.05, 4.69) is 10.6 Å². The highest BCUT2D eigenvalue weighted by Gasteiger charge is 2.06. The minimum atomic E-state index is -0.257. The Morgan fingerprint density at radius 3 is 2.26 bits per heavy atom. The van der Waals surface area contributed by atoms with E-state index in [-0.39, 0.29) is 6.03 Å². The van der Waals surface area contributed by atoms with Crippen LogP contribution in [-0.4, -0.2) is 6.03 Å². The molecule has 0 fully saturated rings. The summed E-state index contributed by atoms with van der Waals surface area (Å²) >= 11 is 1.50. The zero-order valence-corrected chi connectivity index (χ0v) is 13.4. The lowest BCUT2D eigenvalue weighted by Crippen LogP contribution is -2.19. The summed E-state index contributed by atoms with van der Waals surface area (Å²) in [7, 11) is 0. The van der Waals surface area contributed by atoms with E-state index in [1.165, 1.54) is 11.3 Å². The smallest absolute Gasteiger partial charge is 0.324 e. The monoisotopic (exact) mass is 324 g/mol. The van der Waals surface area contributed by atoms with Gasteiger partial charge in [-0.3, -0.25) is 5.32 Å². The van der Waals surface area contributed by atoms with Crippen LogP contribution in [0.5, 0.6) is 11.5 Å². The number of hydrogen-bond donors (Lipinski definition) is 2. The normalized spacial score (nSPS) is 10.1. The second kappa shape index (κ2) is 6.98. The molecule has 4 nitrogen and oxygen atoms in total. The number of nitrogens with one attached hydrogen (secondary N) is 2. The van der Waals surface area contributed by atoms with Crippen molar-refractivity contribution in [3.63, 3.8) is 0 Å². The van der Waals surface area contributed by atoms with Crippen molar-refractivity contribution in [3.8, 4) is 11.5 Å². The van der Waals surface area contributed by atoms with E-state index < -0.39 is 0 Å². The van der Waals surface area contributed by atoms with Crippen LogP contribution in [-0.2, 0) is 0 Å². The number of carbonyl (C=O) groups excluding carboxylic acids is 1. The predicted molar refractivity (Wildman–Crippen MR) is 94.7 cm³/mol. The second-order valence-electron chi connectivity index (χ2n) is 4.95. The Balaban J connectivity index is 1.59. The first-order chi connectivity index (χ1) is 11.2. The Hall–Kier alpha value is -2.79. The first-order valence-electron chi connectivity index (χ1n) is 7.16. The van der Waals surface area contributed by atoms with Gasteiger partial charge in [-0.15, -0.1) is 11.3 Å². The molecule has 116 valence electrons. The van der Waals surface area contributed by atoms with Crippen molar-refractivity contribution >= 4 is 28.1 Å². The molecule has 0 unspecified atom stereocenters. The molecule has 1 heterocycles. The molecule has 0 bridgehead atoms. The van der Waals surface area contributed by atoms with Crippen molar-refractivity contribution in [2.24, 2.45) is 0 Å². The SMILES string of the molecule is Cc1ccsc1NC(=O)Nc1ccc(Oc2ccccc2)cc1. The number of aryl methyl sites for hydroxylation is 1. The van der Waals surface area contributed by atoms with Crippen LogP contribution in [0.4, 0.5) is 15.5 Å². The van der Waals surface area contributed by atoms with E-state index >= 15 is 0 Å². The topological polar surface area (TPSA) is 50.4 Å². The number of hydrogen-bond acceptors (Lipinski definition) is 3. The molecule has 1 aromatic heterocycles. The highest BCUT2D eigenvalue weighted by Crippen LogP contribution is 2.24. The van der Waals surface area contributed by atoms with Crippen molar-refractivity contribution in [3.05, 3.63) is 71.6 Å². The first-order valence-corrected chi connectivity index (χ1v) is 8.04. The Labute approximate surface area is 138 Å². The number of rotatable bonds is 4. The molecule has 0 aliphatic carbocycles. The van der Waals surface area contributed by atoms with E-state index in [1.807, 2.05) is 60.8 Å². The van der Waals surface area contributed by atoms with Crippen molar-refractivity contribution in [2.75, 3.05) is 10.6 Å². The summed E-state index contributed by atoms with van der Waals surface area (Å²) in [4.78, 5) is 12.0. The maximum Gasteiger partial charge on any atom is 0.324 e. The third kappa shape index (κ3) is 4.11. The lowest BCUT2D eigenvalue weighted by Gasteiger charge is -2.09.